The molecule has 0 bridgehead atoms. The van der Waals surface area contributed by atoms with Crippen LogP contribution in [0.4, 0.5) is 41.1 Å². The van der Waals surface area contributed by atoms with Crippen LogP contribution in [0.15, 0.2) is 36.5 Å². The Balaban J connectivity index is 1.64. The predicted molar refractivity (Wildman–Crippen MR) is 114 cm³/mol. The SMILES string of the molecule is CCN1CCCN(C(=O)Nc2ccccn2)c2nc(N3CCC(C(F)(F)F)C3)ccc21. The standard InChI is InChI=1S/C21H25F3N6O/c1-2-28-11-5-12-30(20(31)26-17-6-3-4-10-25-17)19-16(28)7-8-18(27-19)29-13-9-15(14-29)21(22,23)24/h3-4,6-8,10,15H,2,5,9,11-14H2,1H3,(H,25,26,31). The number of pyridine rings is 2. The van der Waals surface area contributed by atoms with E-state index in [2.05, 4.69) is 20.2 Å². The minimum atomic E-state index is -4.21. The van der Waals surface area contributed by atoms with Gasteiger partial charge in [0.15, 0.2) is 5.82 Å². The van der Waals surface area contributed by atoms with Crippen LogP contribution < -0.4 is 20.0 Å². The average molecular weight is 434 g/mol. The summed E-state index contributed by atoms with van der Waals surface area (Å²) in [4.78, 5) is 27.2. The largest absolute Gasteiger partial charge is 0.393 e. The van der Waals surface area contributed by atoms with Crippen LogP contribution in [0.3, 0.4) is 0 Å². The van der Waals surface area contributed by atoms with Gasteiger partial charge in [-0.1, -0.05) is 6.07 Å². The van der Waals surface area contributed by atoms with Crippen molar-refractivity contribution in [3.05, 3.63) is 36.5 Å². The molecule has 10 heteroatoms. The van der Waals surface area contributed by atoms with E-state index in [1.807, 2.05) is 13.0 Å². The minimum Gasteiger partial charge on any atom is -0.369 e. The molecule has 2 aliphatic rings. The van der Waals surface area contributed by atoms with Gasteiger partial charge in [0.05, 0.1) is 11.6 Å². The van der Waals surface area contributed by atoms with Gasteiger partial charge in [-0.25, -0.2) is 14.8 Å². The number of nitrogens with zero attached hydrogens (tertiary/aromatic N) is 5. The van der Waals surface area contributed by atoms with Crippen LogP contribution in [-0.4, -0.2) is 54.9 Å². The number of urea groups is 1. The maximum atomic E-state index is 13.1. The first-order chi connectivity index (χ1) is 14.9. The van der Waals surface area contributed by atoms with Crippen molar-refractivity contribution in [1.29, 1.82) is 0 Å². The number of rotatable bonds is 3. The maximum absolute atomic E-state index is 13.1. The highest BCUT2D eigenvalue weighted by Gasteiger charge is 2.44. The Morgan fingerprint density at radius 2 is 2.03 bits per heavy atom. The number of carbonyl (C=O) groups excluding carboxylic acids is 1. The monoisotopic (exact) mass is 434 g/mol. The normalized spacial score (nSPS) is 19.2. The van der Waals surface area contributed by atoms with Crippen LogP contribution in [0.2, 0.25) is 0 Å². The fourth-order valence-electron chi connectivity index (χ4n) is 4.07. The molecule has 0 aromatic carbocycles. The van der Waals surface area contributed by atoms with Crippen LogP contribution in [0.5, 0.6) is 0 Å². The van der Waals surface area contributed by atoms with E-state index < -0.39 is 12.1 Å². The van der Waals surface area contributed by atoms with E-state index in [0.717, 1.165) is 25.2 Å². The molecule has 1 unspecified atom stereocenters. The first-order valence-corrected chi connectivity index (χ1v) is 10.4. The zero-order valence-corrected chi connectivity index (χ0v) is 17.3. The summed E-state index contributed by atoms with van der Waals surface area (Å²) >= 11 is 0. The smallest absolute Gasteiger partial charge is 0.369 e. The minimum absolute atomic E-state index is 0.0488. The molecule has 1 N–H and O–H groups in total. The van der Waals surface area contributed by atoms with Gasteiger partial charge in [-0.15, -0.1) is 0 Å². The lowest BCUT2D eigenvalue weighted by Crippen LogP contribution is -2.36. The fourth-order valence-corrected chi connectivity index (χ4v) is 4.07. The van der Waals surface area contributed by atoms with Crippen molar-refractivity contribution >= 4 is 29.2 Å². The molecule has 1 fully saturated rings. The summed E-state index contributed by atoms with van der Waals surface area (Å²) < 4.78 is 39.4. The van der Waals surface area contributed by atoms with E-state index in [-0.39, 0.29) is 25.5 Å². The number of alkyl halides is 3. The Hall–Kier alpha value is -3.04. The number of aromatic nitrogens is 2. The molecular weight excluding hydrogens is 409 g/mol. The fraction of sp³-hybridized carbons (Fsp3) is 0.476. The third-order valence-electron chi connectivity index (χ3n) is 5.75. The highest BCUT2D eigenvalue weighted by Crippen LogP contribution is 2.38. The molecule has 2 aromatic rings. The molecule has 0 radical (unpaired) electrons. The molecule has 2 aromatic heterocycles. The number of nitrogens with one attached hydrogen (secondary N) is 1. The molecule has 166 valence electrons. The number of halogens is 3. The second-order valence-corrected chi connectivity index (χ2v) is 7.72. The molecule has 4 rings (SSSR count). The summed E-state index contributed by atoms with van der Waals surface area (Å²) in [6.45, 7) is 4.14. The van der Waals surface area contributed by atoms with E-state index in [1.165, 1.54) is 0 Å². The van der Waals surface area contributed by atoms with Gasteiger partial charge in [-0.05, 0) is 44.0 Å². The summed E-state index contributed by atoms with van der Waals surface area (Å²) in [5, 5.41) is 2.78. The van der Waals surface area contributed by atoms with Gasteiger partial charge in [0.1, 0.15) is 11.6 Å². The Morgan fingerprint density at radius 3 is 2.71 bits per heavy atom. The van der Waals surface area contributed by atoms with Crippen LogP contribution in [0.1, 0.15) is 19.8 Å². The Kier molecular flexibility index (Phi) is 5.88. The van der Waals surface area contributed by atoms with Crippen LogP contribution in [0, 0.1) is 5.92 Å². The summed E-state index contributed by atoms with van der Waals surface area (Å²) in [6, 6.07) is 8.47. The molecule has 0 aliphatic carbocycles. The van der Waals surface area contributed by atoms with Gasteiger partial charge >= 0.3 is 12.2 Å². The molecule has 0 spiro atoms. The highest BCUT2D eigenvalue weighted by atomic mass is 19.4. The Labute approximate surface area is 178 Å². The van der Waals surface area contributed by atoms with Gasteiger partial charge in [-0.3, -0.25) is 10.2 Å². The maximum Gasteiger partial charge on any atom is 0.393 e. The van der Waals surface area contributed by atoms with Gasteiger partial charge in [-0.2, -0.15) is 13.2 Å². The molecule has 0 saturated carbocycles. The Bertz CT molecular complexity index is 923. The molecule has 4 heterocycles. The molecule has 31 heavy (non-hydrogen) atoms. The topological polar surface area (TPSA) is 64.6 Å². The quantitative estimate of drug-likeness (QED) is 0.787. The summed E-state index contributed by atoms with van der Waals surface area (Å²) in [5.74, 6) is -0.0157. The van der Waals surface area contributed by atoms with Crippen molar-refractivity contribution < 1.29 is 18.0 Å². The second kappa shape index (κ2) is 8.60. The number of carbonyl (C=O) groups is 1. The first-order valence-electron chi connectivity index (χ1n) is 10.4. The zero-order chi connectivity index (χ0) is 22.0. The van der Waals surface area contributed by atoms with Gasteiger partial charge in [0, 0.05) is 38.9 Å². The molecular formula is C21H25F3N6O. The van der Waals surface area contributed by atoms with Crippen LogP contribution >= 0.6 is 0 Å². The third kappa shape index (κ3) is 4.52. The van der Waals surface area contributed by atoms with E-state index in [1.54, 1.807) is 40.3 Å². The van der Waals surface area contributed by atoms with Crippen LogP contribution in [0.25, 0.3) is 0 Å². The lowest BCUT2D eigenvalue weighted by atomic mass is 10.1. The third-order valence-corrected chi connectivity index (χ3v) is 5.75. The zero-order valence-electron chi connectivity index (χ0n) is 17.3. The molecule has 1 saturated heterocycles. The lowest BCUT2D eigenvalue weighted by Gasteiger charge is -2.27. The van der Waals surface area contributed by atoms with Gasteiger partial charge in [0.2, 0.25) is 0 Å². The second-order valence-electron chi connectivity index (χ2n) is 7.72. The van der Waals surface area contributed by atoms with Crippen molar-refractivity contribution in [2.45, 2.75) is 25.9 Å². The molecule has 2 amide bonds. The number of hydrogen-bond donors (Lipinski definition) is 1. The average Bonchev–Trinajstić information content (AvgIpc) is 3.18. The van der Waals surface area contributed by atoms with E-state index >= 15 is 0 Å². The first kappa shape index (κ1) is 21.2. The number of hydrogen-bond acceptors (Lipinski definition) is 5. The van der Waals surface area contributed by atoms with E-state index in [4.69, 9.17) is 0 Å². The van der Waals surface area contributed by atoms with E-state index in [9.17, 15) is 18.0 Å². The summed E-state index contributed by atoms with van der Waals surface area (Å²) in [5.41, 5.74) is 0.798. The summed E-state index contributed by atoms with van der Waals surface area (Å²) in [6.07, 6.45) is -1.83. The number of amides is 2. The van der Waals surface area contributed by atoms with Crippen LogP contribution in [-0.2, 0) is 0 Å². The summed E-state index contributed by atoms with van der Waals surface area (Å²) in [7, 11) is 0. The number of anilines is 4. The number of fused-ring (bicyclic) bond motifs is 1. The predicted octanol–water partition coefficient (Wildman–Crippen LogP) is 4.13. The molecule has 1 atom stereocenters. The molecule has 2 aliphatic heterocycles. The van der Waals surface area contributed by atoms with Gasteiger partial charge in [0.25, 0.3) is 0 Å². The van der Waals surface area contributed by atoms with Crippen molar-refractivity contribution in [3.63, 3.8) is 0 Å². The van der Waals surface area contributed by atoms with Crippen molar-refractivity contribution in [3.8, 4) is 0 Å². The Morgan fingerprint density at radius 1 is 1.19 bits per heavy atom. The van der Waals surface area contributed by atoms with Gasteiger partial charge < -0.3 is 9.80 Å². The van der Waals surface area contributed by atoms with Crippen molar-refractivity contribution in [2.75, 3.05) is 52.7 Å². The molecule has 7 nitrogen and oxygen atoms in total. The van der Waals surface area contributed by atoms with Crippen molar-refractivity contribution in [2.24, 2.45) is 5.92 Å². The van der Waals surface area contributed by atoms with E-state index in [0.29, 0.717) is 24.0 Å². The lowest BCUT2D eigenvalue weighted by molar-refractivity contribution is -0.168. The van der Waals surface area contributed by atoms with Crippen molar-refractivity contribution in [1.82, 2.24) is 9.97 Å². The highest BCUT2D eigenvalue weighted by molar-refractivity contribution is 6.02.